The number of urea groups is 1. The lowest BCUT2D eigenvalue weighted by atomic mass is 10.2. The maximum Gasteiger partial charge on any atom is 0.320 e. The molecule has 8 nitrogen and oxygen atoms in total. The highest BCUT2D eigenvalue weighted by molar-refractivity contribution is 7.89. The molecule has 0 aliphatic heterocycles. The van der Waals surface area contributed by atoms with Crippen LogP contribution in [0.15, 0.2) is 41.4 Å². The summed E-state index contributed by atoms with van der Waals surface area (Å²) in [5.74, 6) is 0.617. The predicted octanol–water partition coefficient (Wildman–Crippen LogP) is 1.82. The number of primary sulfonamides is 1. The molecule has 0 aliphatic rings. The van der Waals surface area contributed by atoms with Crippen molar-refractivity contribution >= 4 is 21.9 Å². The highest BCUT2D eigenvalue weighted by Crippen LogP contribution is 2.16. The molecule has 2 aromatic rings. The van der Waals surface area contributed by atoms with Gasteiger partial charge in [-0.1, -0.05) is 19.1 Å². The minimum atomic E-state index is -3.71. The standard InChI is InChI=1S/C15H21N5O3S/c1-3-11(2)20-14(8-9-18-20)19-15(21)17-10-12-4-6-13(7-5-12)24(16,22)23/h4-9,11H,3,10H2,1-2H3,(H2,16,22,23)(H2,17,19,21). The summed E-state index contributed by atoms with van der Waals surface area (Å²) >= 11 is 0. The van der Waals surface area contributed by atoms with E-state index in [4.69, 9.17) is 5.14 Å². The zero-order chi connectivity index (χ0) is 17.7. The third-order valence-electron chi connectivity index (χ3n) is 3.63. The van der Waals surface area contributed by atoms with E-state index in [0.29, 0.717) is 5.82 Å². The van der Waals surface area contributed by atoms with Crippen molar-refractivity contribution in [3.63, 3.8) is 0 Å². The van der Waals surface area contributed by atoms with E-state index >= 15 is 0 Å². The lowest BCUT2D eigenvalue weighted by Crippen LogP contribution is -2.29. The summed E-state index contributed by atoms with van der Waals surface area (Å²) in [5.41, 5.74) is 0.757. The van der Waals surface area contributed by atoms with Crippen molar-refractivity contribution in [3.05, 3.63) is 42.1 Å². The first-order chi connectivity index (χ1) is 11.3. The van der Waals surface area contributed by atoms with Crippen LogP contribution in [0.2, 0.25) is 0 Å². The molecule has 1 aromatic heterocycles. The van der Waals surface area contributed by atoms with Gasteiger partial charge >= 0.3 is 6.03 Å². The lowest BCUT2D eigenvalue weighted by Gasteiger charge is -2.14. The van der Waals surface area contributed by atoms with Crippen molar-refractivity contribution in [2.45, 2.75) is 37.8 Å². The SMILES string of the molecule is CCC(C)n1nccc1NC(=O)NCc1ccc(S(N)(=O)=O)cc1. The molecule has 1 atom stereocenters. The van der Waals surface area contributed by atoms with Gasteiger partial charge in [-0.3, -0.25) is 5.32 Å². The summed E-state index contributed by atoms with van der Waals surface area (Å²) in [5, 5.41) is 14.7. The van der Waals surface area contributed by atoms with Crippen molar-refractivity contribution in [1.82, 2.24) is 15.1 Å². The molecule has 0 fully saturated rings. The Morgan fingerprint density at radius 1 is 1.29 bits per heavy atom. The van der Waals surface area contributed by atoms with Crippen LogP contribution in [0.25, 0.3) is 0 Å². The molecule has 0 aliphatic carbocycles. The molecule has 0 saturated carbocycles. The van der Waals surface area contributed by atoms with E-state index in [1.54, 1.807) is 29.1 Å². The fourth-order valence-electron chi connectivity index (χ4n) is 2.08. The monoisotopic (exact) mass is 351 g/mol. The van der Waals surface area contributed by atoms with Gasteiger partial charge in [-0.15, -0.1) is 0 Å². The summed E-state index contributed by atoms with van der Waals surface area (Å²) < 4.78 is 24.1. The van der Waals surface area contributed by atoms with Gasteiger partial charge in [-0.2, -0.15) is 5.10 Å². The van der Waals surface area contributed by atoms with Crippen LogP contribution in [0.1, 0.15) is 31.9 Å². The smallest absolute Gasteiger partial charge is 0.320 e. The number of nitrogens with zero attached hydrogens (tertiary/aromatic N) is 2. The average molecular weight is 351 g/mol. The lowest BCUT2D eigenvalue weighted by molar-refractivity contribution is 0.251. The minimum absolute atomic E-state index is 0.0353. The van der Waals surface area contributed by atoms with Gasteiger partial charge in [0.25, 0.3) is 0 Å². The molecule has 1 aromatic carbocycles. The maximum absolute atomic E-state index is 12.0. The Balaban J connectivity index is 1.93. The topological polar surface area (TPSA) is 119 Å². The number of rotatable bonds is 6. The van der Waals surface area contributed by atoms with Crippen molar-refractivity contribution < 1.29 is 13.2 Å². The quantitative estimate of drug-likeness (QED) is 0.735. The number of carbonyl (C=O) groups is 1. The van der Waals surface area contributed by atoms with Crippen molar-refractivity contribution in [2.24, 2.45) is 5.14 Å². The minimum Gasteiger partial charge on any atom is -0.334 e. The summed E-state index contributed by atoms with van der Waals surface area (Å²) in [4.78, 5) is 12.0. The number of nitrogens with two attached hydrogens (primary N) is 1. The molecular formula is C15H21N5O3S. The molecule has 4 N–H and O–H groups in total. The number of hydrogen-bond donors (Lipinski definition) is 3. The van der Waals surface area contributed by atoms with Gasteiger partial charge in [-0.05, 0) is 31.0 Å². The van der Waals surface area contributed by atoms with Crippen LogP contribution >= 0.6 is 0 Å². The molecule has 130 valence electrons. The summed E-state index contributed by atoms with van der Waals surface area (Å²) in [6, 6.07) is 7.56. The van der Waals surface area contributed by atoms with Crippen LogP contribution in [0.5, 0.6) is 0 Å². The second-order valence-corrected chi connectivity index (χ2v) is 6.98. The molecule has 2 rings (SSSR count). The van der Waals surface area contributed by atoms with E-state index in [2.05, 4.69) is 15.7 Å². The predicted molar refractivity (Wildman–Crippen MR) is 90.9 cm³/mol. The Bertz CT molecular complexity index is 799. The molecule has 9 heteroatoms. The van der Waals surface area contributed by atoms with Crippen molar-refractivity contribution in [1.29, 1.82) is 0 Å². The molecule has 1 unspecified atom stereocenters. The Morgan fingerprint density at radius 2 is 1.96 bits per heavy atom. The Kier molecular flexibility index (Phi) is 5.58. The third kappa shape index (κ3) is 4.56. The summed E-state index contributed by atoms with van der Waals surface area (Å²) in [6.07, 6.45) is 2.53. The van der Waals surface area contributed by atoms with Gasteiger partial charge in [-0.25, -0.2) is 23.0 Å². The van der Waals surface area contributed by atoms with Crippen molar-refractivity contribution in [3.8, 4) is 0 Å². The van der Waals surface area contributed by atoms with Gasteiger partial charge in [0.15, 0.2) is 0 Å². The molecule has 2 amide bonds. The molecule has 0 radical (unpaired) electrons. The fraction of sp³-hybridized carbons (Fsp3) is 0.333. The first kappa shape index (κ1) is 18.0. The molecule has 0 spiro atoms. The highest BCUT2D eigenvalue weighted by atomic mass is 32.2. The zero-order valence-corrected chi connectivity index (χ0v) is 14.4. The summed E-state index contributed by atoms with van der Waals surface area (Å²) in [7, 11) is -3.71. The van der Waals surface area contributed by atoms with E-state index in [9.17, 15) is 13.2 Å². The first-order valence-electron chi connectivity index (χ1n) is 7.51. The second-order valence-electron chi connectivity index (χ2n) is 5.41. The molecule has 0 saturated heterocycles. The number of benzene rings is 1. The Hall–Kier alpha value is -2.39. The normalized spacial score (nSPS) is 12.6. The van der Waals surface area contributed by atoms with E-state index in [1.165, 1.54) is 12.1 Å². The van der Waals surface area contributed by atoms with Crippen LogP contribution in [0.4, 0.5) is 10.6 Å². The fourth-order valence-corrected chi connectivity index (χ4v) is 2.59. The van der Waals surface area contributed by atoms with Crippen LogP contribution in [0, 0.1) is 0 Å². The van der Waals surface area contributed by atoms with Crippen molar-refractivity contribution in [2.75, 3.05) is 5.32 Å². The number of sulfonamides is 1. The van der Waals surface area contributed by atoms with Gasteiger partial charge < -0.3 is 5.32 Å². The Labute approximate surface area is 141 Å². The number of hydrogen-bond acceptors (Lipinski definition) is 4. The number of carbonyl (C=O) groups excluding carboxylic acids is 1. The zero-order valence-electron chi connectivity index (χ0n) is 13.6. The number of nitrogens with one attached hydrogen (secondary N) is 2. The molecule has 0 bridgehead atoms. The summed E-state index contributed by atoms with van der Waals surface area (Å²) in [6.45, 7) is 4.32. The van der Waals surface area contributed by atoms with Gasteiger partial charge in [0.1, 0.15) is 5.82 Å². The van der Waals surface area contributed by atoms with Crippen LogP contribution in [-0.2, 0) is 16.6 Å². The van der Waals surface area contributed by atoms with Gasteiger partial charge in [0, 0.05) is 12.6 Å². The van der Waals surface area contributed by atoms with E-state index in [1.807, 2.05) is 13.8 Å². The van der Waals surface area contributed by atoms with Crippen LogP contribution in [-0.4, -0.2) is 24.2 Å². The second kappa shape index (κ2) is 7.45. The van der Waals surface area contributed by atoms with E-state index in [0.717, 1.165) is 12.0 Å². The number of aromatic nitrogens is 2. The highest BCUT2D eigenvalue weighted by Gasteiger charge is 2.11. The van der Waals surface area contributed by atoms with E-state index < -0.39 is 10.0 Å². The largest absolute Gasteiger partial charge is 0.334 e. The molecular weight excluding hydrogens is 330 g/mol. The number of amides is 2. The molecule has 1 heterocycles. The Morgan fingerprint density at radius 3 is 2.54 bits per heavy atom. The molecule has 24 heavy (non-hydrogen) atoms. The van der Waals surface area contributed by atoms with Crippen LogP contribution < -0.4 is 15.8 Å². The van der Waals surface area contributed by atoms with Gasteiger partial charge in [0.2, 0.25) is 10.0 Å². The number of anilines is 1. The third-order valence-corrected chi connectivity index (χ3v) is 4.55. The van der Waals surface area contributed by atoms with Gasteiger partial charge in [0.05, 0.1) is 17.1 Å². The first-order valence-corrected chi connectivity index (χ1v) is 9.06. The maximum atomic E-state index is 12.0. The van der Waals surface area contributed by atoms with Crippen LogP contribution in [0.3, 0.4) is 0 Å². The average Bonchev–Trinajstić information content (AvgIpc) is 3.00. The van der Waals surface area contributed by atoms with E-state index in [-0.39, 0.29) is 23.5 Å².